The van der Waals surface area contributed by atoms with Crippen LogP contribution in [0.1, 0.15) is 5.56 Å². The van der Waals surface area contributed by atoms with Crippen LogP contribution in [0.15, 0.2) is 30.8 Å². The van der Waals surface area contributed by atoms with Gasteiger partial charge in [0.25, 0.3) is 0 Å². The lowest BCUT2D eigenvalue weighted by atomic mass is 10.2. The van der Waals surface area contributed by atoms with Gasteiger partial charge in [-0.05, 0) is 6.07 Å². The van der Waals surface area contributed by atoms with Crippen molar-refractivity contribution in [3.05, 3.63) is 41.4 Å². The Hall–Kier alpha value is -0.270. The average Bonchev–Trinajstić information content (AvgIpc) is 1.88. The van der Waals surface area contributed by atoms with Gasteiger partial charge in [0, 0.05) is 15.1 Å². The van der Waals surface area contributed by atoms with Gasteiger partial charge in [0.15, 0.2) is 0 Å². The van der Waals surface area contributed by atoms with E-state index in [2.05, 4.69) is 22.5 Å². The van der Waals surface area contributed by atoms with Crippen LogP contribution >= 0.6 is 27.5 Å². The molecule has 1 aromatic carbocycles. The highest BCUT2D eigenvalue weighted by Crippen LogP contribution is 2.25. The lowest BCUT2D eigenvalue weighted by Crippen LogP contribution is -1.74. The van der Waals surface area contributed by atoms with E-state index in [1.165, 1.54) is 0 Å². The lowest BCUT2D eigenvalue weighted by molar-refractivity contribution is 1.66. The zero-order valence-corrected chi connectivity index (χ0v) is 7.61. The van der Waals surface area contributed by atoms with E-state index in [1.54, 1.807) is 0 Å². The molecule has 0 N–H and O–H groups in total. The molecule has 0 unspecified atom stereocenters. The second-order valence-corrected chi connectivity index (χ2v) is 3.25. The summed E-state index contributed by atoms with van der Waals surface area (Å²) in [6, 6.07) is 7.57. The Kier molecular flexibility index (Phi) is 2.52. The molecular formula is C8H6BrCl. The molecule has 0 saturated carbocycles. The Bertz CT molecular complexity index is 255. The molecule has 0 saturated heterocycles. The Morgan fingerprint density at radius 1 is 1.40 bits per heavy atom. The Balaban J connectivity index is 3.15. The molecule has 2 heteroatoms. The van der Waals surface area contributed by atoms with E-state index in [0.717, 1.165) is 15.1 Å². The maximum absolute atomic E-state index is 5.83. The second-order valence-electron chi connectivity index (χ2n) is 1.88. The van der Waals surface area contributed by atoms with Crippen molar-refractivity contribution in [3.63, 3.8) is 0 Å². The molecule has 0 nitrogen and oxygen atoms in total. The van der Waals surface area contributed by atoms with Crippen molar-refractivity contribution in [2.24, 2.45) is 0 Å². The van der Waals surface area contributed by atoms with Crippen molar-refractivity contribution in [1.29, 1.82) is 0 Å². The van der Waals surface area contributed by atoms with E-state index in [0.29, 0.717) is 0 Å². The van der Waals surface area contributed by atoms with Crippen molar-refractivity contribution in [1.82, 2.24) is 0 Å². The van der Waals surface area contributed by atoms with Crippen molar-refractivity contribution in [2.45, 2.75) is 0 Å². The summed E-state index contributed by atoms with van der Waals surface area (Å²) in [6.45, 7) is 3.72. The molecular weight excluding hydrogens is 211 g/mol. The van der Waals surface area contributed by atoms with Gasteiger partial charge >= 0.3 is 0 Å². The first-order valence-electron chi connectivity index (χ1n) is 2.81. The SMILES string of the molecule is C=C(Br)c1ccccc1Cl. The molecule has 1 aromatic rings. The van der Waals surface area contributed by atoms with Gasteiger partial charge in [-0.3, -0.25) is 0 Å². The molecule has 0 aliphatic carbocycles. The molecule has 0 amide bonds. The maximum atomic E-state index is 5.83. The van der Waals surface area contributed by atoms with E-state index in [9.17, 15) is 0 Å². The third kappa shape index (κ3) is 1.61. The molecule has 0 bridgehead atoms. The molecule has 0 radical (unpaired) electrons. The van der Waals surface area contributed by atoms with Crippen LogP contribution in [0, 0.1) is 0 Å². The molecule has 0 atom stereocenters. The van der Waals surface area contributed by atoms with Gasteiger partial charge in [-0.15, -0.1) is 0 Å². The first kappa shape index (κ1) is 7.83. The van der Waals surface area contributed by atoms with Gasteiger partial charge in [-0.25, -0.2) is 0 Å². The van der Waals surface area contributed by atoms with Gasteiger partial charge in [-0.2, -0.15) is 0 Å². The lowest BCUT2D eigenvalue weighted by Gasteiger charge is -1.98. The summed E-state index contributed by atoms with van der Waals surface area (Å²) < 4.78 is 0.818. The van der Waals surface area contributed by atoms with Crippen LogP contribution in [0.5, 0.6) is 0 Å². The third-order valence-corrected chi connectivity index (χ3v) is 1.92. The van der Waals surface area contributed by atoms with Gasteiger partial charge in [0.2, 0.25) is 0 Å². The largest absolute Gasteiger partial charge is 0.0841 e. The highest BCUT2D eigenvalue weighted by molar-refractivity contribution is 9.15. The molecule has 1 rings (SSSR count). The highest BCUT2D eigenvalue weighted by atomic mass is 79.9. The minimum absolute atomic E-state index is 0.726. The number of halogens is 2. The third-order valence-electron chi connectivity index (χ3n) is 1.17. The minimum Gasteiger partial charge on any atom is -0.0841 e. The maximum Gasteiger partial charge on any atom is 0.0489 e. The Morgan fingerprint density at radius 2 is 2.00 bits per heavy atom. The monoisotopic (exact) mass is 216 g/mol. The fourth-order valence-corrected chi connectivity index (χ4v) is 1.39. The van der Waals surface area contributed by atoms with Gasteiger partial charge < -0.3 is 0 Å². The standard InChI is InChI=1S/C8H6BrCl/c1-6(9)7-4-2-3-5-8(7)10/h2-5H,1H2. The summed E-state index contributed by atoms with van der Waals surface area (Å²) in [5.41, 5.74) is 0.948. The molecule has 10 heavy (non-hydrogen) atoms. The van der Waals surface area contributed by atoms with Crippen LogP contribution in [0.25, 0.3) is 4.48 Å². The summed E-state index contributed by atoms with van der Waals surface area (Å²) in [5, 5.41) is 0.726. The smallest absolute Gasteiger partial charge is 0.0489 e. The summed E-state index contributed by atoms with van der Waals surface area (Å²) >= 11 is 9.08. The van der Waals surface area contributed by atoms with Crippen LogP contribution in [0.2, 0.25) is 5.02 Å². The summed E-state index contributed by atoms with van der Waals surface area (Å²) in [5.74, 6) is 0. The fraction of sp³-hybridized carbons (Fsp3) is 0. The number of hydrogen-bond donors (Lipinski definition) is 0. The quantitative estimate of drug-likeness (QED) is 0.673. The van der Waals surface area contributed by atoms with Crippen molar-refractivity contribution in [3.8, 4) is 0 Å². The molecule has 0 heterocycles. The topological polar surface area (TPSA) is 0 Å². The predicted molar refractivity (Wildman–Crippen MR) is 49.4 cm³/mol. The van der Waals surface area contributed by atoms with E-state index in [1.807, 2.05) is 24.3 Å². The second kappa shape index (κ2) is 3.22. The molecule has 0 aliphatic heterocycles. The molecule has 0 aliphatic rings. The number of benzene rings is 1. The van der Waals surface area contributed by atoms with Gasteiger partial charge in [0.1, 0.15) is 0 Å². The molecule has 0 spiro atoms. The van der Waals surface area contributed by atoms with Crippen LogP contribution in [0.3, 0.4) is 0 Å². The molecule has 0 fully saturated rings. The van der Waals surface area contributed by atoms with Gasteiger partial charge in [-0.1, -0.05) is 52.3 Å². The van der Waals surface area contributed by atoms with E-state index in [-0.39, 0.29) is 0 Å². The Labute approximate surface area is 73.6 Å². The minimum atomic E-state index is 0.726. The first-order chi connectivity index (χ1) is 4.72. The normalized spacial score (nSPS) is 9.40. The zero-order chi connectivity index (χ0) is 7.56. The van der Waals surface area contributed by atoms with E-state index < -0.39 is 0 Å². The first-order valence-corrected chi connectivity index (χ1v) is 3.98. The summed E-state index contributed by atoms with van der Waals surface area (Å²) in [7, 11) is 0. The fourth-order valence-electron chi connectivity index (χ4n) is 0.681. The van der Waals surface area contributed by atoms with Crippen LogP contribution in [-0.4, -0.2) is 0 Å². The van der Waals surface area contributed by atoms with Crippen LogP contribution in [0.4, 0.5) is 0 Å². The van der Waals surface area contributed by atoms with E-state index in [4.69, 9.17) is 11.6 Å². The Morgan fingerprint density at radius 3 is 2.40 bits per heavy atom. The molecule has 52 valence electrons. The predicted octanol–water partition coefficient (Wildman–Crippen LogP) is 3.71. The summed E-state index contributed by atoms with van der Waals surface area (Å²) in [4.78, 5) is 0. The average molecular weight is 217 g/mol. The van der Waals surface area contributed by atoms with E-state index >= 15 is 0 Å². The van der Waals surface area contributed by atoms with Crippen molar-refractivity contribution >= 4 is 32.0 Å². The van der Waals surface area contributed by atoms with Crippen LogP contribution < -0.4 is 0 Å². The zero-order valence-electron chi connectivity index (χ0n) is 5.27. The highest BCUT2D eigenvalue weighted by Gasteiger charge is 1.97. The van der Waals surface area contributed by atoms with Crippen LogP contribution in [-0.2, 0) is 0 Å². The van der Waals surface area contributed by atoms with Gasteiger partial charge in [0.05, 0.1) is 0 Å². The number of hydrogen-bond acceptors (Lipinski definition) is 0. The number of rotatable bonds is 1. The van der Waals surface area contributed by atoms with Crippen molar-refractivity contribution < 1.29 is 0 Å². The van der Waals surface area contributed by atoms with Crippen molar-refractivity contribution in [2.75, 3.05) is 0 Å². The summed E-state index contributed by atoms with van der Waals surface area (Å²) in [6.07, 6.45) is 0. The molecule has 0 aromatic heterocycles.